The highest BCUT2D eigenvalue weighted by atomic mass is 79.9. The van der Waals surface area contributed by atoms with Gasteiger partial charge in [0.25, 0.3) is 0 Å². The summed E-state index contributed by atoms with van der Waals surface area (Å²) >= 11 is 3.31. The van der Waals surface area contributed by atoms with Gasteiger partial charge in [-0.1, -0.05) is 15.9 Å². The molecule has 3 N–H and O–H groups in total. The maximum atomic E-state index is 11.3. The number of amides is 2. The fourth-order valence-corrected chi connectivity index (χ4v) is 1.57. The summed E-state index contributed by atoms with van der Waals surface area (Å²) in [6.45, 7) is 1.44. The number of carboxylic acids is 1. The molecule has 0 bridgehead atoms. The number of benzene rings is 1. The molecule has 1 rings (SSSR count). The van der Waals surface area contributed by atoms with Crippen LogP contribution in [0.2, 0.25) is 0 Å². The Hall–Kier alpha value is -1.56. The number of anilines is 1. The Labute approximate surface area is 101 Å². The third-order valence-corrected chi connectivity index (χ3v) is 2.33. The molecule has 86 valence electrons. The minimum absolute atomic E-state index is 0.401. The Morgan fingerprint density at radius 3 is 2.69 bits per heavy atom. The zero-order chi connectivity index (χ0) is 12.1. The standard InChI is InChI=1S/C10H11BrN2O3/c1-6-4-7(11)2-3-8(6)13-10(16)12-5-9(14)15/h2-4H,5H2,1H3,(H,14,15)(H2,12,13,16). The maximum absolute atomic E-state index is 11.3. The van der Waals surface area contributed by atoms with E-state index in [9.17, 15) is 9.59 Å². The van der Waals surface area contributed by atoms with Crippen LogP contribution in [0.1, 0.15) is 5.56 Å². The third kappa shape index (κ3) is 3.90. The molecule has 0 atom stereocenters. The molecule has 16 heavy (non-hydrogen) atoms. The Balaban J connectivity index is 2.59. The summed E-state index contributed by atoms with van der Waals surface area (Å²) in [5, 5.41) is 13.1. The number of urea groups is 1. The Kier molecular flexibility index (Phi) is 4.30. The lowest BCUT2D eigenvalue weighted by Gasteiger charge is -2.08. The first-order valence-corrected chi connectivity index (χ1v) is 5.31. The molecule has 0 aliphatic heterocycles. The second-order valence-corrected chi connectivity index (χ2v) is 4.08. The molecule has 0 unspecified atom stereocenters. The van der Waals surface area contributed by atoms with Gasteiger partial charge in [0.2, 0.25) is 0 Å². The van der Waals surface area contributed by atoms with Crippen LogP contribution in [-0.2, 0) is 4.79 Å². The third-order valence-electron chi connectivity index (χ3n) is 1.84. The number of carbonyl (C=O) groups is 2. The Morgan fingerprint density at radius 1 is 1.44 bits per heavy atom. The van der Waals surface area contributed by atoms with E-state index >= 15 is 0 Å². The summed E-state index contributed by atoms with van der Waals surface area (Å²) in [6, 6.07) is 4.85. The largest absolute Gasteiger partial charge is 0.480 e. The molecule has 0 aliphatic carbocycles. The number of carboxylic acid groups (broad SMARTS) is 1. The molecule has 1 aromatic carbocycles. The zero-order valence-electron chi connectivity index (χ0n) is 8.58. The summed E-state index contributed by atoms with van der Waals surface area (Å²) in [7, 11) is 0. The molecule has 2 amide bonds. The van der Waals surface area contributed by atoms with Gasteiger partial charge in [0.1, 0.15) is 6.54 Å². The second-order valence-electron chi connectivity index (χ2n) is 3.16. The number of hydrogen-bond acceptors (Lipinski definition) is 2. The minimum atomic E-state index is -1.08. The van der Waals surface area contributed by atoms with Crippen LogP contribution >= 0.6 is 15.9 Å². The highest BCUT2D eigenvalue weighted by molar-refractivity contribution is 9.10. The van der Waals surface area contributed by atoms with Crippen molar-refractivity contribution in [2.24, 2.45) is 0 Å². The number of rotatable bonds is 3. The van der Waals surface area contributed by atoms with Crippen molar-refractivity contribution in [3.63, 3.8) is 0 Å². The average molecular weight is 287 g/mol. The molecule has 6 heteroatoms. The van der Waals surface area contributed by atoms with Crippen molar-refractivity contribution in [3.05, 3.63) is 28.2 Å². The molecular formula is C10H11BrN2O3. The SMILES string of the molecule is Cc1cc(Br)ccc1NC(=O)NCC(=O)O. The maximum Gasteiger partial charge on any atom is 0.323 e. The summed E-state index contributed by atoms with van der Waals surface area (Å²) < 4.78 is 0.918. The fourth-order valence-electron chi connectivity index (χ4n) is 1.09. The van der Waals surface area contributed by atoms with Gasteiger partial charge in [0.05, 0.1) is 0 Å². The van der Waals surface area contributed by atoms with Crippen LogP contribution in [-0.4, -0.2) is 23.7 Å². The topological polar surface area (TPSA) is 78.4 Å². The number of aryl methyl sites for hydroxylation is 1. The van der Waals surface area contributed by atoms with Crippen molar-refractivity contribution in [3.8, 4) is 0 Å². The van der Waals surface area contributed by atoms with E-state index in [0.717, 1.165) is 10.0 Å². The van der Waals surface area contributed by atoms with Crippen molar-refractivity contribution in [2.45, 2.75) is 6.92 Å². The average Bonchev–Trinajstić information content (AvgIpc) is 2.19. The number of hydrogen-bond donors (Lipinski definition) is 3. The molecule has 0 spiro atoms. The van der Waals surface area contributed by atoms with Crippen LogP contribution in [0.4, 0.5) is 10.5 Å². The molecule has 5 nitrogen and oxygen atoms in total. The Bertz CT molecular complexity index is 421. The molecule has 0 saturated heterocycles. The van der Waals surface area contributed by atoms with E-state index in [-0.39, 0.29) is 0 Å². The number of nitrogens with one attached hydrogen (secondary N) is 2. The summed E-state index contributed by atoms with van der Waals surface area (Å²) in [5.41, 5.74) is 1.53. The fraction of sp³-hybridized carbons (Fsp3) is 0.200. The lowest BCUT2D eigenvalue weighted by molar-refractivity contribution is -0.135. The van der Waals surface area contributed by atoms with Gasteiger partial charge in [-0.3, -0.25) is 4.79 Å². The van der Waals surface area contributed by atoms with Crippen molar-refractivity contribution in [2.75, 3.05) is 11.9 Å². The van der Waals surface area contributed by atoms with Crippen LogP contribution in [0.15, 0.2) is 22.7 Å². The number of halogens is 1. The van der Waals surface area contributed by atoms with Gasteiger partial charge in [0.15, 0.2) is 0 Å². The predicted octanol–water partition coefficient (Wildman–Crippen LogP) is 1.96. The van der Waals surface area contributed by atoms with Gasteiger partial charge in [-0.05, 0) is 30.7 Å². The summed E-state index contributed by atoms with van der Waals surface area (Å²) in [5.74, 6) is -1.08. The molecule has 1 aromatic rings. The van der Waals surface area contributed by atoms with Gasteiger partial charge in [-0.25, -0.2) is 4.79 Å². The van der Waals surface area contributed by atoms with Crippen molar-refractivity contribution >= 4 is 33.6 Å². The molecule has 0 saturated carbocycles. The molecule has 0 heterocycles. The van der Waals surface area contributed by atoms with Gasteiger partial charge in [-0.15, -0.1) is 0 Å². The first-order chi connectivity index (χ1) is 7.49. The van der Waals surface area contributed by atoms with E-state index < -0.39 is 18.5 Å². The molecule has 0 aromatic heterocycles. The number of aliphatic carboxylic acids is 1. The van der Waals surface area contributed by atoms with Crippen molar-refractivity contribution in [1.29, 1.82) is 0 Å². The van der Waals surface area contributed by atoms with Gasteiger partial charge < -0.3 is 15.7 Å². The van der Waals surface area contributed by atoms with Crippen LogP contribution in [0, 0.1) is 6.92 Å². The van der Waals surface area contributed by atoms with Crippen LogP contribution < -0.4 is 10.6 Å². The highest BCUT2D eigenvalue weighted by Crippen LogP contribution is 2.19. The Morgan fingerprint density at radius 2 is 2.12 bits per heavy atom. The first kappa shape index (κ1) is 12.5. The van der Waals surface area contributed by atoms with E-state index in [1.165, 1.54) is 0 Å². The first-order valence-electron chi connectivity index (χ1n) is 4.52. The van der Waals surface area contributed by atoms with Gasteiger partial charge in [0, 0.05) is 10.2 Å². The highest BCUT2D eigenvalue weighted by Gasteiger charge is 2.05. The lowest BCUT2D eigenvalue weighted by atomic mass is 10.2. The second kappa shape index (κ2) is 5.50. The van der Waals surface area contributed by atoms with Crippen molar-refractivity contribution in [1.82, 2.24) is 5.32 Å². The minimum Gasteiger partial charge on any atom is -0.480 e. The van der Waals surface area contributed by atoms with E-state index in [4.69, 9.17) is 5.11 Å². The lowest BCUT2D eigenvalue weighted by Crippen LogP contribution is -2.33. The van der Waals surface area contributed by atoms with E-state index in [1.54, 1.807) is 12.1 Å². The number of carbonyl (C=O) groups excluding carboxylic acids is 1. The molecular weight excluding hydrogens is 276 g/mol. The van der Waals surface area contributed by atoms with Gasteiger partial charge >= 0.3 is 12.0 Å². The quantitative estimate of drug-likeness (QED) is 0.795. The van der Waals surface area contributed by atoms with Crippen LogP contribution in [0.5, 0.6) is 0 Å². The normalized spacial score (nSPS) is 9.62. The molecule has 0 fully saturated rings. The smallest absolute Gasteiger partial charge is 0.323 e. The van der Waals surface area contributed by atoms with E-state index in [1.807, 2.05) is 13.0 Å². The zero-order valence-corrected chi connectivity index (χ0v) is 10.2. The van der Waals surface area contributed by atoms with Crippen molar-refractivity contribution < 1.29 is 14.7 Å². The monoisotopic (exact) mass is 286 g/mol. The van der Waals surface area contributed by atoms with Crippen LogP contribution in [0.25, 0.3) is 0 Å². The van der Waals surface area contributed by atoms with E-state index in [0.29, 0.717) is 5.69 Å². The van der Waals surface area contributed by atoms with E-state index in [2.05, 4.69) is 26.6 Å². The molecule has 0 radical (unpaired) electrons. The predicted molar refractivity (Wildman–Crippen MR) is 63.5 cm³/mol. The molecule has 0 aliphatic rings. The summed E-state index contributed by atoms with van der Waals surface area (Å²) in [6.07, 6.45) is 0. The summed E-state index contributed by atoms with van der Waals surface area (Å²) in [4.78, 5) is 21.5. The van der Waals surface area contributed by atoms with Gasteiger partial charge in [-0.2, -0.15) is 0 Å². The van der Waals surface area contributed by atoms with Crippen LogP contribution in [0.3, 0.4) is 0 Å².